The molecule has 2 saturated heterocycles. The molecule has 1 aliphatic carbocycles. The van der Waals surface area contributed by atoms with Gasteiger partial charge in [-0.2, -0.15) is 5.26 Å². The van der Waals surface area contributed by atoms with Gasteiger partial charge in [-0.3, -0.25) is 19.1 Å². The highest BCUT2D eigenvalue weighted by atomic mass is 32.2. The molecule has 3 aliphatic rings. The van der Waals surface area contributed by atoms with Crippen LogP contribution in [0.2, 0.25) is 0 Å². The molecule has 1 aromatic heterocycles. The SMILES string of the molecule is CCCn1c(N2CC(C)CC(C)C2)c(/C=C2\SC(=S)N(C3CCCC3)C2=O)c(C)c(C#N)c1=O. The Hall–Kier alpha value is -2.11. The van der Waals surface area contributed by atoms with Gasteiger partial charge < -0.3 is 4.90 Å². The molecule has 1 saturated carbocycles. The van der Waals surface area contributed by atoms with Crippen molar-refractivity contribution in [2.24, 2.45) is 11.8 Å². The van der Waals surface area contributed by atoms with Crippen molar-refractivity contribution in [3.63, 3.8) is 0 Å². The molecule has 6 nitrogen and oxygen atoms in total. The summed E-state index contributed by atoms with van der Waals surface area (Å²) < 4.78 is 2.38. The molecule has 0 aromatic carbocycles. The molecular formula is C26H34N4O2S2. The molecule has 0 spiro atoms. The molecule has 0 radical (unpaired) electrons. The normalized spacial score (nSPS) is 25.0. The molecule has 1 aromatic rings. The number of carbonyl (C=O) groups excluding carboxylic acids is 1. The van der Waals surface area contributed by atoms with Gasteiger partial charge >= 0.3 is 0 Å². The molecule has 0 N–H and O–H groups in total. The number of nitrogens with zero attached hydrogens (tertiary/aromatic N) is 4. The Kier molecular flexibility index (Phi) is 7.54. The van der Waals surface area contributed by atoms with E-state index in [4.69, 9.17) is 12.2 Å². The first-order valence-corrected chi connectivity index (χ1v) is 13.7. The lowest BCUT2D eigenvalue weighted by atomic mass is 9.91. The molecule has 3 fully saturated rings. The Morgan fingerprint density at radius 3 is 2.41 bits per heavy atom. The molecule has 3 heterocycles. The number of hydrogen-bond acceptors (Lipinski definition) is 6. The van der Waals surface area contributed by atoms with Gasteiger partial charge in [-0.15, -0.1) is 0 Å². The number of aromatic nitrogens is 1. The van der Waals surface area contributed by atoms with E-state index in [9.17, 15) is 14.9 Å². The molecule has 182 valence electrons. The van der Waals surface area contributed by atoms with Crippen molar-refractivity contribution in [3.05, 3.63) is 31.9 Å². The summed E-state index contributed by atoms with van der Waals surface area (Å²) in [6, 6.07) is 2.33. The van der Waals surface area contributed by atoms with Gasteiger partial charge in [0.1, 0.15) is 21.8 Å². The second kappa shape index (κ2) is 10.2. The van der Waals surface area contributed by atoms with Crippen LogP contribution in [-0.2, 0) is 11.3 Å². The van der Waals surface area contributed by atoms with Crippen LogP contribution in [0.5, 0.6) is 0 Å². The highest BCUT2D eigenvalue weighted by Crippen LogP contribution is 2.40. The molecule has 2 unspecified atom stereocenters. The molecular weight excluding hydrogens is 464 g/mol. The summed E-state index contributed by atoms with van der Waals surface area (Å²) >= 11 is 6.96. The van der Waals surface area contributed by atoms with Crippen LogP contribution in [0.3, 0.4) is 0 Å². The lowest BCUT2D eigenvalue weighted by Gasteiger charge is -2.39. The minimum Gasteiger partial charge on any atom is -0.357 e. The number of anilines is 1. The summed E-state index contributed by atoms with van der Waals surface area (Å²) in [5.74, 6) is 1.80. The topological polar surface area (TPSA) is 69.3 Å². The van der Waals surface area contributed by atoms with Gasteiger partial charge in [0.05, 0.1) is 4.91 Å². The number of thiocarbonyl (C=S) groups is 1. The third-order valence-corrected chi connectivity index (χ3v) is 8.58. The lowest BCUT2D eigenvalue weighted by molar-refractivity contribution is -0.123. The van der Waals surface area contributed by atoms with Crippen molar-refractivity contribution in [2.75, 3.05) is 18.0 Å². The van der Waals surface area contributed by atoms with Crippen molar-refractivity contribution < 1.29 is 4.79 Å². The molecule has 0 bridgehead atoms. The zero-order chi connectivity index (χ0) is 24.6. The Labute approximate surface area is 212 Å². The second-order valence-electron chi connectivity index (χ2n) is 10.1. The van der Waals surface area contributed by atoms with E-state index in [2.05, 4.69) is 24.8 Å². The van der Waals surface area contributed by atoms with Crippen molar-refractivity contribution in [2.45, 2.75) is 78.8 Å². The van der Waals surface area contributed by atoms with Crippen molar-refractivity contribution >= 4 is 46.1 Å². The first kappa shape index (κ1) is 25.0. The summed E-state index contributed by atoms with van der Waals surface area (Å²) in [7, 11) is 0. The van der Waals surface area contributed by atoms with Gasteiger partial charge in [0.15, 0.2) is 0 Å². The van der Waals surface area contributed by atoms with Gasteiger partial charge in [0.2, 0.25) is 0 Å². The first-order valence-electron chi connectivity index (χ1n) is 12.5. The third-order valence-electron chi connectivity index (χ3n) is 7.25. The number of rotatable bonds is 5. The molecule has 34 heavy (non-hydrogen) atoms. The Balaban J connectivity index is 1.88. The number of hydrogen-bond donors (Lipinski definition) is 0. The summed E-state index contributed by atoms with van der Waals surface area (Å²) in [6.07, 6.45) is 8.07. The van der Waals surface area contributed by atoms with Crippen LogP contribution in [-0.4, -0.2) is 38.8 Å². The van der Waals surface area contributed by atoms with E-state index in [0.717, 1.165) is 63.0 Å². The minimum absolute atomic E-state index is 0.0422. The van der Waals surface area contributed by atoms with Crippen molar-refractivity contribution in [1.29, 1.82) is 5.26 Å². The van der Waals surface area contributed by atoms with Gasteiger partial charge in [-0.1, -0.05) is 57.6 Å². The standard InChI is InChI=1S/C26H34N4O2S2/c1-5-10-29-23(28-14-16(2)11-17(3)15-28)20(18(4)21(13-27)24(29)31)12-22-25(32)30(26(33)34-22)19-8-6-7-9-19/h12,16-17,19H,5-11,14-15H2,1-4H3/b22-12-. The number of piperidine rings is 1. The van der Waals surface area contributed by atoms with E-state index in [-0.39, 0.29) is 23.1 Å². The van der Waals surface area contributed by atoms with Gasteiger partial charge in [-0.25, -0.2) is 0 Å². The van der Waals surface area contributed by atoms with Gasteiger partial charge in [0.25, 0.3) is 11.5 Å². The predicted octanol–water partition coefficient (Wildman–Crippen LogP) is 5.06. The monoisotopic (exact) mass is 498 g/mol. The van der Waals surface area contributed by atoms with E-state index in [1.54, 1.807) is 9.47 Å². The highest BCUT2D eigenvalue weighted by molar-refractivity contribution is 8.26. The Morgan fingerprint density at radius 2 is 1.82 bits per heavy atom. The number of amides is 1. The molecule has 2 aliphatic heterocycles. The highest BCUT2D eigenvalue weighted by Gasteiger charge is 2.39. The van der Waals surface area contributed by atoms with Crippen molar-refractivity contribution in [3.8, 4) is 6.07 Å². The second-order valence-corrected chi connectivity index (χ2v) is 11.8. The van der Waals surface area contributed by atoms with Crippen molar-refractivity contribution in [1.82, 2.24) is 9.47 Å². The Morgan fingerprint density at radius 1 is 1.18 bits per heavy atom. The third kappa shape index (κ3) is 4.57. The Bertz CT molecular complexity index is 1120. The quantitative estimate of drug-likeness (QED) is 0.417. The number of nitriles is 1. The van der Waals surface area contributed by atoms with Gasteiger partial charge in [0, 0.05) is 31.2 Å². The fraction of sp³-hybridized carbons (Fsp3) is 0.615. The molecule has 1 amide bonds. The fourth-order valence-corrected chi connectivity index (χ4v) is 7.22. The minimum atomic E-state index is -0.238. The molecule has 8 heteroatoms. The average Bonchev–Trinajstić information content (AvgIpc) is 3.39. The zero-order valence-corrected chi connectivity index (χ0v) is 22.2. The summed E-state index contributed by atoms with van der Waals surface area (Å²) in [5, 5.41) is 9.84. The van der Waals surface area contributed by atoms with Crippen LogP contribution >= 0.6 is 24.0 Å². The predicted molar refractivity (Wildman–Crippen MR) is 143 cm³/mol. The molecule has 2 atom stereocenters. The smallest absolute Gasteiger partial charge is 0.270 e. The van der Waals surface area contributed by atoms with Crippen LogP contribution in [0.4, 0.5) is 5.82 Å². The number of thioether (sulfide) groups is 1. The maximum atomic E-state index is 13.4. The van der Waals surface area contributed by atoms with Crippen LogP contribution in [0.25, 0.3) is 6.08 Å². The van der Waals surface area contributed by atoms with Crippen LogP contribution in [0.15, 0.2) is 9.70 Å². The molecule has 4 rings (SSSR count). The average molecular weight is 499 g/mol. The van der Waals surface area contributed by atoms with E-state index in [0.29, 0.717) is 33.2 Å². The van der Waals surface area contributed by atoms with E-state index < -0.39 is 0 Å². The first-order chi connectivity index (χ1) is 16.3. The number of pyridine rings is 1. The summed E-state index contributed by atoms with van der Waals surface area (Å²) in [4.78, 5) is 31.5. The zero-order valence-electron chi connectivity index (χ0n) is 20.6. The largest absolute Gasteiger partial charge is 0.357 e. The van der Waals surface area contributed by atoms with E-state index in [1.807, 2.05) is 19.9 Å². The number of carbonyl (C=O) groups is 1. The lowest BCUT2D eigenvalue weighted by Crippen LogP contribution is -2.43. The summed E-state index contributed by atoms with van der Waals surface area (Å²) in [6.45, 7) is 10.6. The van der Waals surface area contributed by atoms with Gasteiger partial charge in [-0.05, 0) is 56.1 Å². The van der Waals surface area contributed by atoms with E-state index in [1.165, 1.54) is 11.8 Å². The maximum Gasteiger partial charge on any atom is 0.270 e. The van der Waals surface area contributed by atoms with Crippen LogP contribution < -0.4 is 10.5 Å². The van der Waals surface area contributed by atoms with E-state index >= 15 is 0 Å². The summed E-state index contributed by atoms with van der Waals surface area (Å²) in [5.41, 5.74) is 1.37. The van der Waals surface area contributed by atoms with Crippen LogP contribution in [0.1, 0.15) is 76.0 Å². The van der Waals surface area contributed by atoms with Crippen LogP contribution in [0, 0.1) is 30.1 Å². The fourth-order valence-electron chi connectivity index (χ4n) is 5.84. The maximum absolute atomic E-state index is 13.4.